The number of benzene rings is 4. The molecule has 8 N–H and O–H groups in total. The first-order valence-electron chi connectivity index (χ1n) is 11.5. The van der Waals surface area contributed by atoms with Crippen LogP contribution < -0.4 is 22.5 Å². The Labute approximate surface area is 234 Å². The van der Waals surface area contributed by atoms with Gasteiger partial charge in [-0.05, 0) is 61.4 Å². The average molecular weight is 537 g/mol. The maximum absolute atomic E-state index is 12.2. The second-order valence-corrected chi connectivity index (χ2v) is 8.20. The van der Waals surface area contributed by atoms with Crippen molar-refractivity contribution in [3.8, 4) is 0 Å². The lowest BCUT2D eigenvalue weighted by molar-refractivity contribution is 0.0698. The van der Waals surface area contributed by atoms with Crippen LogP contribution in [0.4, 0.5) is 34.1 Å². The molecule has 40 heavy (non-hydrogen) atoms. The molecular formula is C31H32N6O3. The van der Waals surface area contributed by atoms with Crippen molar-refractivity contribution in [1.82, 2.24) is 0 Å². The molecule has 4 rings (SSSR count). The van der Waals surface area contributed by atoms with E-state index in [0.717, 1.165) is 22.5 Å². The smallest absolute Gasteiger partial charge is 0.336 e. The first-order valence-corrected chi connectivity index (χ1v) is 11.5. The molecule has 0 aromatic heterocycles. The number of amides is 1. The fraction of sp³-hybridized carbons (Fsp3) is 0.0968. The number of nitrogens with one attached hydrogen (secondary N) is 1. The SMILES string of the molecule is C.Cc1ccccc1N.[C-]#[N+]c1ccc(N)c(C(=O)Nc2ccccc2C)c1.[C-]#[N+]c1ccc(N)c(C(=O)O)c1. The molecule has 0 aliphatic carbocycles. The molecule has 0 spiro atoms. The number of carboxylic acids is 1. The molecule has 9 heteroatoms. The lowest BCUT2D eigenvalue weighted by Crippen LogP contribution is -2.14. The van der Waals surface area contributed by atoms with Crippen LogP contribution in [0.2, 0.25) is 0 Å². The molecule has 0 heterocycles. The van der Waals surface area contributed by atoms with Crippen LogP contribution in [0.25, 0.3) is 9.69 Å². The van der Waals surface area contributed by atoms with Gasteiger partial charge in [-0.3, -0.25) is 4.79 Å². The van der Waals surface area contributed by atoms with Crippen LogP contribution in [0.1, 0.15) is 39.3 Å². The quantitative estimate of drug-likeness (QED) is 0.139. The Morgan fingerprint density at radius 3 is 1.62 bits per heavy atom. The van der Waals surface area contributed by atoms with Gasteiger partial charge in [-0.25, -0.2) is 14.5 Å². The summed E-state index contributed by atoms with van der Waals surface area (Å²) in [6.45, 7) is 17.5. The summed E-state index contributed by atoms with van der Waals surface area (Å²) in [5.74, 6) is -1.42. The van der Waals surface area contributed by atoms with E-state index in [2.05, 4.69) is 15.0 Å². The van der Waals surface area contributed by atoms with Gasteiger partial charge < -0.3 is 27.6 Å². The fourth-order valence-corrected chi connectivity index (χ4v) is 3.10. The number of carboxylic acid groups (broad SMARTS) is 1. The van der Waals surface area contributed by atoms with Crippen LogP contribution >= 0.6 is 0 Å². The number of anilines is 4. The third kappa shape index (κ3) is 9.25. The van der Waals surface area contributed by atoms with Gasteiger partial charge in [-0.1, -0.05) is 56.0 Å². The van der Waals surface area contributed by atoms with Gasteiger partial charge in [0.25, 0.3) is 5.91 Å². The minimum absolute atomic E-state index is 0. The molecule has 0 radical (unpaired) electrons. The van der Waals surface area contributed by atoms with Crippen molar-refractivity contribution in [2.24, 2.45) is 0 Å². The van der Waals surface area contributed by atoms with Crippen LogP contribution in [0.5, 0.6) is 0 Å². The molecule has 9 nitrogen and oxygen atoms in total. The predicted molar refractivity (Wildman–Crippen MR) is 163 cm³/mol. The third-order valence-electron chi connectivity index (χ3n) is 5.39. The van der Waals surface area contributed by atoms with Crippen molar-refractivity contribution >= 4 is 46.0 Å². The highest BCUT2D eigenvalue weighted by atomic mass is 16.4. The monoisotopic (exact) mass is 536 g/mol. The molecule has 0 atom stereocenters. The van der Waals surface area contributed by atoms with E-state index in [9.17, 15) is 9.59 Å². The third-order valence-corrected chi connectivity index (χ3v) is 5.39. The Hall–Kier alpha value is -5.80. The lowest BCUT2D eigenvalue weighted by atomic mass is 10.1. The minimum Gasteiger partial charge on any atom is -0.478 e. The highest BCUT2D eigenvalue weighted by Crippen LogP contribution is 2.22. The average Bonchev–Trinajstić information content (AvgIpc) is 2.93. The van der Waals surface area contributed by atoms with Crippen molar-refractivity contribution in [2.45, 2.75) is 21.3 Å². The van der Waals surface area contributed by atoms with E-state index in [-0.39, 0.29) is 30.3 Å². The molecule has 0 bridgehead atoms. The van der Waals surface area contributed by atoms with Gasteiger partial charge in [0.1, 0.15) is 0 Å². The van der Waals surface area contributed by atoms with Gasteiger partial charge in [-0.2, -0.15) is 0 Å². The van der Waals surface area contributed by atoms with Gasteiger partial charge in [0, 0.05) is 22.7 Å². The van der Waals surface area contributed by atoms with E-state index >= 15 is 0 Å². The number of rotatable bonds is 3. The summed E-state index contributed by atoms with van der Waals surface area (Å²) < 4.78 is 0. The van der Waals surface area contributed by atoms with Crippen molar-refractivity contribution in [1.29, 1.82) is 0 Å². The van der Waals surface area contributed by atoms with E-state index in [1.165, 1.54) is 24.3 Å². The summed E-state index contributed by atoms with van der Waals surface area (Å²) in [6.07, 6.45) is 0. The molecule has 0 aliphatic rings. The summed E-state index contributed by atoms with van der Waals surface area (Å²) >= 11 is 0. The molecule has 0 saturated heterocycles. The summed E-state index contributed by atoms with van der Waals surface area (Å²) in [6, 6.07) is 24.1. The molecule has 4 aromatic rings. The van der Waals surface area contributed by atoms with Crippen LogP contribution in [-0.2, 0) is 0 Å². The first-order chi connectivity index (χ1) is 18.6. The maximum atomic E-state index is 12.2. The normalized spacial score (nSPS) is 9.10. The number of aromatic carboxylic acids is 1. The van der Waals surface area contributed by atoms with Gasteiger partial charge >= 0.3 is 5.97 Å². The Morgan fingerprint density at radius 1 is 0.700 bits per heavy atom. The predicted octanol–water partition coefficient (Wildman–Crippen LogP) is 7.11. The second-order valence-electron chi connectivity index (χ2n) is 8.20. The van der Waals surface area contributed by atoms with Crippen LogP contribution in [-0.4, -0.2) is 17.0 Å². The van der Waals surface area contributed by atoms with Crippen molar-refractivity contribution < 1.29 is 14.7 Å². The summed E-state index contributed by atoms with van der Waals surface area (Å²) in [4.78, 5) is 29.0. The fourth-order valence-electron chi connectivity index (χ4n) is 3.10. The maximum Gasteiger partial charge on any atom is 0.336 e. The summed E-state index contributed by atoms with van der Waals surface area (Å²) in [5, 5.41) is 11.4. The molecule has 0 aliphatic heterocycles. The molecular weight excluding hydrogens is 504 g/mol. The van der Waals surface area contributed by atoms with Gasteiger partial charge in [-0.15, -0.1) is 0 Å². The molecule has 0 unspecified atom stereocenters. The Balaban J connectivity index is 0.000000326. The van der Waals surface area contributed by atoms with E-state index in [4.69, 9.17) is 35.5 Å². The number of nitrogens with zero attached hydrogens (tertiary/aromatic N) is 2. The minimum atomic E-state index is -1.11. The van der Waals surface area contributed by atoms with Crippen LogP contribution in [0.3, 0.4) is 0 Å². The topological polar surface area (TPSA) is 153 Å². The zero-order valence-corrected chi connectivity index (χ0v) is 21.5. The number of hydrogen-bond donors (Lipinski definition) is 5. The lowest BCUT2D eigenvalue weighted by Gasteiger charge is -2.10. The highest BCUT2D eigenvalue weighted by Gasteiger charge is 2.11. The number of para-hydroxylation sites is 2. The molecule has 1 amide bonds. The van der Waals surface area contributed by atoms with E-state index < -0.39 is 5.97 Å². The summed E-state index contributed by atoms with van der Waals surface area (Å²) in [7, 11) is 0. The summed E-state index contributed by atoms with van der Waals surface area (Å²) in [5.41, 5.74) is 21.9. The number of nitrogen functional groups attached to an aromatic ring is 3. The molecule has 204 valence electrons. The van der Waals surface area contributed by atoms with Gasteiger partial charge in [0.05, 0.1) is 24.3 Å². The zero-order valence-electron chi connectivity index (χ0n) is 21.5. The van der Waals surface area contributed by atoms with Crippen LogP contribution in [0.15, 0.2) is 84.9 Å². The molecule has 0 fully saturated rings. The number of aryl methyl sites for hydroxylation is 2. The van der Waals surface area contributed by atoms with E-state index in [0.29, 0.717) is 16.9 Å². The Kier molecular flexibility index (Phi) is 12.4. The molecule has 4 aromatic carbocycles. The van der Waals surface area contributed by atoms with E-state index in [1.807, 2.05) is 62.4 Å². The van der Waals surface area contributed by atoms with Gasteiger partial charge in [0.2, 0.25) is 0 Å². The van der Waals surface area contributed by atoms with Crippen molar-refractivity contribution in [2.75, 3.05) is 22.5 Å². The zero-order chi connectivity index (χ0) is 28.9. The number of nitrogens with two attached hydrogens (primary N) is 3. The van der Waals surface area contributed by atoms with Gasteiger partial charge in [0.15, 0.2) is 11.4 Å². The second kappa shape index (κ2) is 15.5. The standard InChI is InChI=1S/C15H13N3O.C8H6N2O2.C7H9N.CH4/c1-10-5-3-4-6-14(10)18-15(19)12-9-11(17-2)7-8-13(12)16;1-10-5-2-3-7(9)6(4-5)8(11)12;1-6-4-2-3-5-7(6)8;/h3-9H,16H2,1H3,(H,18,19);2-4H,9H2,(H,11,12);2-5H,8H2,1H3;1H4. The largest absolute Gasteiger partial charge is 0.478 e. The Morgan fingerprint density at radius 2 is 1.18 bits per heavy atom. The molecule has 0 saturated carbocycles. The van der Waals surface area contributed by atoms with Crippen molar-refractivity contribution in [3.05, 3.63) is 130 Å². The number of hydrogen-bond acceptors (Lipinski definition) is 5. The highest BCUT2D eigenvalue weighted by molar-refractivity contribution is 6.08. The first kappa shape index (κ1) is 32.2. The Bertz CT molecular complexity index is 1550. The number of carbonyl (C=O) groups is 2. The van der Waals surface area contributed by atoms with E-state index in [1.54, 1.807) is 12.1 Å². The van der Waals surface area contributed by atoms with Crippen LogP contribution in [0, 0.1) is 27.0 Å². The van der Waals surface area contributed by atoms with Crippen molar-refractivity contribution in [3.63, 3.8) is 0 Å². The number of carbonyl (C=O) groups excluding carboxylic acids is 1.